The van der Waals surface area contributed by atoms with E-state index in [4.69, 9.17) is 4.42 Å². The molecule has 0 unspecified atom stereocenters. The van der Waals surface area contributed by atoms with E-state index in [1.807, 2.05) is 0 Å². The van der Waals surface area contributed by atoms with Crippen LogP contribution in [0.4, 0.5) is 0 Å². The molecule has 1 heterocycles. The van der Waals surface area contributed by atoms with E-state index in [9.17, 15) is 0 Å². The molecule has 2 aliphatic rings. The van der Waals surface area contributed by atoms with Crippen molar-refractivity contribution in [3.05, 3.63) is 156 Å². The number of hydrogen-bond donors (Lipinski definition) is 0. The van der Waals surface area contributed by atoms with Crippen molar-refractivity contribution in [3.8, 4) is 22.3 Å². The third kappa shape index (κ3) is 3.38. The second-order valence-corrected chi connectivity index (χ2v) is 13.0. The Morgan fingerprint density at radius 2 is 1.13 bits per heavy atom. The minimum Gasteiger partial charge on any atom is -0.455 e. The zero-order valence-electron chi connectivity index (χ0n) is 25.7. The van der Waals surface area contributed by atoms with E-state index >= 15 is 0 Å². The molecule has 0 saturated carbocycles. The molecule has 47 heavy (non-hydrogen) atoms. The van der Waals surface area contributed by atoms with Crippen molar-refractivity contribution in [3.63, 3.8) is 0 Å². The van der Waals surface area contributed by atoms with Gasteiger partial charge in [-0.05, 0) is 101 Å². The third-order valence-electron chi connectivity index (χ3n) is 10.7. The molecule has 0 radical (unpaired) electrons. The fourth-order valence-corrected chi connectivity index (χ4v) is 8.72. The Labute approximate surface area is 271 Å². The lowest BCUT2D eigenvalue weighted by Gasteiger charge is -2.26. The van der Waals surface area contributed by atoms with Gasteiger partial charge < -0.3 is 4.42 Å². The highest BCUT2D eigenvalue weighted by molar-refractivity contribution is 6.29. The Bertz CT molecular complexity index is 2840. The molecular formula is C46H28O. The molecule has 0 bridgehead atoms. The minimum absolute atomic E-state index is 0.921. The fraction of sp³-hybridized carbons (Fsp3) is 0.0435. The maximum Gasteiger partial charge on any atom is 0.143 e. The highest BCUT2D eigenvalue weighted by Gasteiger charge is 2.26. The Balaban J connectivity index is 1.32. The molecule has 0 atom stereocenters. The van der Waals surface area contributed by atoms with Crippen molar-refractivity contribution in [2.75, 3.05) is 0 Å². The molecule has 11 rings (SSSR count). The third-order valence-corrected chi connectivity index (χ3v) is 10.7. The molecule has 218 valence electrons. The Hall–Kier alpha value is -5.92. The largest absolute Gasteiger partial charge is 0.455 e. The van der Waals surface area contributed by atoms with Gasteiger partial charge in [0.25, 0.3) is 0 Å². The number of rotatable bonds is 2. The predicted octanol–water partition coefficient (Wildman–Crippen LogP) is 12.9. The van der Waals surface area contributed by atoms with Gasteiger partial charge in [-0.2, -0.15) is 0 Å². The van der Waals surface area contributed by atoms with Gasteiger partial charge in [-0.25, -0.2) is 0 Å². The molecule has 1 heteroatoms. The Morgan fingerprint density at radius 1 is 0.468 bits per heavy atom. The molecule has 0 spiro atoms. The van der Waals surface area contributed by atoms with Crippen molar-refractivity contribution in [1.29, 1.82) is 0 Å². The molecular weight excluding hydrogens is 569 g/mol. The summed E-state index contributed by atoms with van der Waals surface area (Å²) in [4.78, 5) is 0. The van der Waals surface area contributed by atoms with E-state index in [-0.39, 0.29) is 0 Å². The van der Waals surface area contributed by atoms with Crippen LogP contribution in [0.5, 0.6) is 0 Å². The van der Waals surface area contributed by atoms with Crippen LogP contribution >= 0.6 is 0 Å². The smallest absolute Gasteiger partial charge is 0.143 e. The summed E-state index contributed by atoms with van der Waals surface area (Å²) in [5.74, 6) is 0. The van der Waals surface area contributed by atoms with Gasteiger partial charge in [0.05, 0.1) is 0 Å². The number of benzene rings is 8. The summed E-state index contributed by atoms with van der Waals surface area (Å²) in [5, 5.41) is 12.5. The van der Waals surface area contributed by atoms with Gasteiger partial charge in [0, 0.05) is 21.9 Å². The lowest BCUT2D eigenvalue weighted by molar-refractivity contribution is 0.670. The minimum atomic E-state index is 0.921. The first-order valence-electron chi connectivity index (χ1n) is 16.6. The first-order chi connectivity index (χ1) is 23.3. The molecule has 0 fully saturated rings. The maximum absolute atomic E-state index is 6.79. The van der Waals surface area contributed by atoms with Crippen molar-refractivity contribution >= 4 is 76.7 Å². The molecule has 0 amide bonds. The Kier molecular flexibility index (Phi) is 5.01. The lowest BCUT2D eigenvalue weighted by Crippen LogP contribution is -2.05. The van der Waals surface area contributed by atoms with Crippen molar-refractivity contribution in [2.24, 2.45) is 0 Å². The van der Waals surface area contributed by atoms with Crippen LogP contribution in [-0.4, -0.2) is 0 Å². The van der Waals surface area contributed by atoms with Crippen LogP contribution in [-0.2, 0) is 6.42 Å². The van der Waals surface area contributed by atoms with Gasteiger partial charge in [0.1, 0.15) is 11.2 Å². The number of furan rings is 1. The summed E-state index contributed by atoms with van der Waals surface area (Å²) in [6.07, 6.45) is 9.04. The van der Waals surface area contributed by atoms with Crippen molar-refractivity contribution < 1.29 is 4.42 Å². The van der Waals surface area contributed by atoms with Gasteiger partial charge >= 0.3 is 0 Å². The summed E-state index contributed by atoms with van der Waals surface area (Å²) in [6, 6.07) is 46.9. The first kappa shape index (κ1) is 25.3. The summed E-state index contributed by atoms with van der Waals surface area (Å²) < 4.78 is 6.79. The van der Waals surface area contributed by atoms with E-state index in [1.165, 1.54) is 87.6 Å². The summed E-state index contributed by atoms with van der Waals surface area (Å²) in [7, 11) is 0. The quantitative estimate of drug-likeness (QED) is 0.181. The molecule has 1 aromatic heterocycles. The van der Waals surface area contributed by atoms with Crippen LogP contribution in [0.1, 0.15) is 23.1 Å². The van der Waals surface area contributed by atoms with Gasteiger partial charge in [0.2, 0.25) is 0 Å². The monoisotopic (exact) mass is 596 g/mol. The first-order valence-corrected chi connectivity index (χ1v) is 16.6. The van der Waals surface area contributed by atoms with E-state index in [2.05, 4.69) is 146 Å². The number of hydrogen-bond acceptors (Lipinski definition) is 1. The van der Waals surface area contributed by atoms with Crippen molar-refractivity contribution in [2.45, 2.75) is 12.8 Å². The molecule has 0 saturated heterocycles. The van der Waals surface area contributed by atoms with E-state index in [0.717, 1.165) is 34.8 Å². The topological polar surface area (TPSA) is 13.1 Å². The normalized spacial score (nSPS) is 13.8. The maximum atomic E-state index is 6.79. The van der Waals surface area contributed by atoms with Crippen LogP contribution in [0.25, 0.3) is 98.9 Å². The molecule has 8 aromatic carbocycles. The standard InChI is InChI=1S/C46H28O/c1-2-13-31-30(10-1)26-39-32-14-7-8-19-40(32)47-46(39)45(31)44-35-17-5-3-15-33(35)43(34-16-4-6-18-36(34)44)38-25-23-29-21-20-27-11-9-12-28-22-24-37(38)42(29)41(27)28/h1-11,13-23,25-26H,12,24H2. The number of fused-ring (bicyclic) bond motifs is 6. The zero-order chi connectivity index (χ0) is 30.6. The van der Waals surface area contributed by atoms with Crippen LogP contribution in [0.2, 0.25) is 0 Å². The van der Waals surface area contributed by atoms with E-state index in [1.54, 1.807) is 0 Å². The molecule has 9 aromatic rings. The van der Waals surface area contributed by atoms with Crippen LogP contribution in [0.3, 0.4) is 0 Å². The Morgan fingerprint density at radius 3 is 1.91 bits per heavy atom. The second kappa shape index (κ2) is 9.31. The van der Waals surface area contributed by atoms with Crippen molar-refractivity contribution in [1.82, 2.24) is 0 Å². The van der Waals surface area contributed by atoms with Crippen LogP contribution in [0.15, 0.2) is 144 Å². The van der Waals surface area contributed by atoms with E-state index in [0.29, 0.717) is 0 Å². The van der Waals surface area contributed by atoms with Crippen LogP contribution in [0, 0.1) is 0 Å². The fourth-order valence-electron chi connectivity index (χ4n) is 8.72. The average molecular weight is 597 g/mol. The zero-order valence-corrected chi connectivity index (χ0v) is 25.7. The highest BCUT2D eigenvalue weighted by Crippen LogP contribution is 2.51. The number of allylic oxidation sites excluding steroid dienone is 3. The van der Waals surface area contributed by atoms with Gasteiger partial charge in [0.15, 0.2) is 0 Å². The summed E-state index contributed by atoms with van der Waals surface area (Å²) in [6.45, 7) is 0. The van der Waals surface area contributed by atoms with Crippen LogP contribution < -0.4 is 0 Å². The SMILES string of the molecule is C1=Cc2ccc3ccc(-c4c5ccccc5c(-c5c6ccccc6cc6c5oc5ccccc56)c5ccccc45)c4c3c2C(=CC4)C1. The highest BCUT2D eigenvalue weighted by atomic mass is 16.3. The second-order valence-electron chi connectivity index (χ2n) is 13.0. The average Bonchev–Trinajstić information content (AvgIpc) is 3.50. The lowest BCUT2D eigenvalue weighted by atomic mass is 9.77. The molecule has 0 N–H and O–H groups in total. The predicted molar refractivity (Wildman–Crippen MR) is 200 cm³/mol. The van der Waals surface area contributed by atoms with E-state index < -0.39 is 0 Å². The molecule has 0 aliphatic heterocycles. The van der Waals surface area contributed by atoms with Gasteiger partial charge in [-0.3, -0.25) is 0 Å². The summed E-state index contributed by atoms with van der Waals surface area (Å²) >= 11 is 0. The van der Waals surface area contributed by atoms with Gasteiger partial charge in [-0.1, -0.05) is 133 Å². The number of para-hydroxylation sites is 1. The molecule has 2 aliphatic carbocycles. The molecule has 1 nitrogen and oxygen atoms in total. The summed E-state index contributed by atoms with van der Waals surface area (Å²) in [5.41, 5.74) is 12.6. The van der Waals surface area contributed by atoms with Gasteiger partial charge in [-0.15, -0.1) is 0 Å².